The second-order valence-electron chi connectivity index (χ2n) is 1.56. The summed E-state index contributed by atoms with van der Waals surface area (Å²) in [6.45, 7) is 0. The fourth-order valence-corrected chi connectivity index (χ4v) is 0.447. The molecule has 0 bridgehead atoms. The van der Waals surface area contributed by atoms with Gasteiger partial charge in [0.1, 0.15) is 5.82 Å². The molecule has 1 heterocycles. The number of aromatic carboxylic acids is 1. The van der Waals surface area contributed by atoms with E-state index in [1.807, 2.05) is 0 Å². The van der Waals surface area contributed by atoms with Crippen LogP contribution < -0.4 is 0 Å². The fourth-order valence-electron chi connectivity index (χ4n) is 0.447. The summed E-state index contributed by atoms with van der Waals surface area (Å²) in [5, 5.41) is 14.5. The Bertz CT molecular complexity index is 264. The van der Waals surface area contributed by atoms with E-state index in [4.69, 9.17) is 5.11 Å². The zero-order valence-corrected chi connectivity index (χ0v) is 4.78. The van der Waals surface area contributed by atoms with Gasteiger partial charge in [0.25, 0.3) is 0 Å². The minimum Gasteiger partial charge on any atom is -0.476 e. The number of carbonyl (C=O) groups is 1. The number of halogens is 1. The molecule has 0 saturated heterocycles. The lowest BCUT2D eigenvalue weighted by Gasteiger charge is -1.88. The van der Waals surface area contributed by atoms with Crippen LogP contribution in [0.3, 0.4) is 0 Å². The predicted molar refractivity (Wildman–Crippen MR) is 28.9 cm³/mol. The number of hydrogen-bond acceptors (Lipinski definition) is 3. The van der Waals surface area contributed by atoms with Gasteiger partial charge in [-0.2, -0.15) is 5.10 Å². The highest BCUT2D eigenvalue weighted by molar-refractivity contribution is 5.84. The largest absolute Gasteiger partial charge is 0.476 e. The second-order valence-corrected chi connectivity index (χ2v) is 1.56. The Balaban J connectivity index is 3.07. The summed E-state index contributed by atoms with van der Waals surface area (Å²) < 4.78 is 12.2. The Morgan fingerprint density at radius 3 is 2.80 bits per heavy atom. The topological polar surface area (TPSA) is 63.1 Å². The quantitative estimate of drug-likeness (QED) is 0.613. The van der Waals surface area contributed by atoms with E-state index < -0.39 is 11.8 Å². The van der Waals surface area contributed by atoms with Crippen LogP contribution in [0.5, 0.6) is 0 Å². The predicted octanol–water partition coefficient (Wildman–Crippen LogP) is 0.314. The van der Waals surface area contributed by atoms with Crippen LogP contribution in [-0.4, -0.2) is 21.3 Å². The summed E-state index contributed by atoms with van der Waals surface area (Å²) >= 11 is 0. The highest BCUT2D eigenvalue weighted by atomic mass is 19.1. The summed E-state index contributed by atoms with van der Waals surface area (Å²) in [5.41, 5.74) is -0.389. The van der Waals surface area contributed by atoms with E-state index in [2.05, 4.69) is 10.2 Å². The van der Waals surface area contributed by atoms with Crippen LogP contribution in [0.2, 0.25) is 0 Å². The Morgan fingerprint density at radius 1 is 1.70 bits per heavy atom. The van der Waals surface area contributed by atoms with Gasteiger partial charge in [0.05, 0.1) is 6.20 Å². The summed E-state index contributed by atoms with van der Waals surface area (Å²) in [7, 11) is 0. The maximum Gasteiger partial charge on any atom is 0.356 e. The molecule has 52 valence electrons. The van der Waals surface area contributed by atoms with E-state index >= 15 is 0 Å². The minimum atomic E-state index is -1.29. The molecule has 0 atom stereocenters. The highest BCUT2D eigenvalue weighted by Gasteiger charge is 2.04. The lowest BCUT2D eigenvalue weighted by Crippen LogP contribution is -2.01. The van der Waals surface area contributed by atoms with Gasteiger partial charge in [0.15, 0.2) is 5.69 Å². The number of aromatic nitrogens is 2. The highest BCUT2D eigenvalue weighted by Crippen LogP contribution is 1.95. The van der Waals surface area contributed by atoms with Crippen molar-refractivity contribution < 1.29 is 14.3 Å². The van der Waals surface area contributed by atoms with E-state index in [1.165, 1.54) is 0 Å². The van der Waals surface area contributed by atoms with Gasteiger partial charge in [-0.15, -0.1) is 5.10 Å². The molecule has 0 saturated carbocycles. The molecule has 0 aliphatic heterocycles. The number of nitrogens with zero attached hydrogens (tertiary/aromatic N) is 2. The van der Waals surface area contributed by atoms with Crippen molar-refractivity contribution in [2.45, 2.75) is 0 Å². The first-order valence-corrected chi connectivity index (χ1v) is 2.41. The van der Waals surface area contributed by atoms with E-state index in [9.17, 15) is 9.18 Å². The molecule has 5 heteroatoms. The van der Waals surface area contributed by atoms with Gasteiger partial charge in [-0.1, -0.05) is 0 Å². The average Bonchev–Trinajstić information content (AvgIpc) is 1.88. The molecule has 1 N–H and O–H groups in total. The standard InChI is InChI=1S/C5H3FN2O2/c6-3-1-4(5(9)10)8-7-2-3/h1-2H,(H,9,10). The molecule has 0 amide bonds. The molecule has 0 aliphatic rings. The number of hydrogen-bond donors (Lipinski definition) is 1. The molecule has 1 aromatic rings. The van der Waals surface area contributed by atoms with Gasteiger partial charge in [-0.25, -0.2) is 9.18 Å². The first-order valence-electron chi connectivity index (χ1n) is 2.41. The van der Waals surface area contributed by atoms with Gasteiger partial charge in [-0.3, -0.25) is 0 Å². The lowest BCUT2D eigenvalue weighted by molar-refractivity contribution is 0.0688. The normalized spacial score (nSPS) is 9.30. The summed E-state index contributed by atoms with van der Waals surface area (Å²) in [6, 6.07) is 0.801. The van der Waals surface area contributed by atoms with Crippen molar-refractivity contribution in [3.8, 4) is 0 Å². The average molecular weight is 142 g/mol. The van der Waals surface area contributed by atoms with Crippen molar-refractivity contribution in [2.75, 3.05) is 0 Å². The van der Waals surface area contributed by atoms with Crippen LogP contribution in [0.15, 0.2) is 12.3 Å². The Labute approximate surface area is 55.3 Å². The molecular formula is C5H3FN2O2. The third kappa shape index (κ3) is 1.25. The summed E-state index contributed by atoms with van der Waals surface area (Å²) in [4.78, 5) is 10.1. The number of rotatable bonds is 1. The molecule has 0 unspecified atom stereocenters. The molecule has 0 fully saturated rings. The van der Waals surface area contributed by atoms with Crippen molar-refractivity contribution in [1.29, 1.82) is 0 Å². The fraction of sp³-hybridized carbons (Fsp3) is 0. The molecular weight excluding hydrogens is 139 g/mol. The first-order chi connectivity index (χ1) is 4.70. The molecule has 1 aromatic heterocycles. The van der Waals surface area contributed by atoms with E-state index in [-0.39, 0.29) is 5.69 Å². The summed E-state index contributed by atoms with van der Waals surface area (Å²) in [6.07, 6.45) is 0.840. The van der Waals surface area contributed by atoms with E-state index in [0.717, 1.165) is 12.3 Å². The monoisotopic (exact) mass is 142 g/mol. The van der Waals surface area contributed by atoms with Crippen molar-refractivity contribution in [1.82, 2.24) is 10.2 Å². The molecule has 0 aliphatic carbocycles. The zero-order chi connectivity index (χ0) is 7.56. The Hall–Kier alpha value is -1.52. The van der Waals surface area contributed by atoms with Crippen LogP contribution in [0, 0.1) is 5.82 Å². The van der Waals surface area contributed by atoms with Gasteiger partial charge >= 0.3 is 5.97 Å². The van der Waals surface area contributed by atoms with Crippen LogP contribution in [0.4, 0.5) is 4.39 Å². The van der Waals surface area contributed by atoms with E-state index in [1.54, 1.807) is 0 Å². The molecule has 1 rings (SSSR count). The molecule has 0 radical (unpaired) electrons. The smallest absolute Gasteiger partial charge is 0.356 e. The molecule has 0 aromatic carbocycles. The van der Waals surface area contributed by atoms with Crippen LogP contribution in [0.25, 0.3) is 0 Å². The Kier molecular flexibility index (Phi) is 1.57. The van der Waals surface area contributed by atoms with Gasteiger partial charge in [-0.05, 0) is 0 Å². The third-order valence-electron chi connectivity index (χ3n) is 0.840. The Morgan fingerprint density at radius 2 is 2.40 bits per heavy atom. The van der Waals surface area contributed by atoms with Crippen molar-refractivity contribution >= 4 is 5.97 Å². The van der Waals surface area contributed by atoms with Gasteiger partial charge in [0.2, 0.25) is 0 Å². The molecule has 10 heavy (non-hydrogen) atoms. The van der Waals surface area contributed by atoms with Gasteiger partial charge < -0.3 is 5.11 Å². The SMILES string of the molecule is O=C(O)c1cc(F)cnn1. The van der Waals surface area contributed by atoms with Crippen LogP contribution in [0.1, 0.15) is 10.5 Å². The second kappa shape index (κ2) is 2.38. The minimum absolute atomic E-state index is 0.389. The van der Waals surface area contributed by atoms with Gasteiger partial charge in [0, 0.05) is 6.07 Å². The van der Waals surface area contributed by atoms with Crippen LogP contribution >= 0.6 is 0 Å². The third-order valence-corrected chi connectivity index (χ3v) is 0.840. The number of carboxylic acid groups (broad SMARTS) is 1. The van der Waals surface area contributed by atoms with Crippen molar-refractivity contribution in [2.24, 2.45) is 0 Å². The van der Waals surface area contributed by atoms with E-state index in [0.29, 0.717) is 0 Å². The maximum atomic E-state index is 12.2. The first kappa shape index (κ1) is 6.60. The lowest BCUT2D eigenvalue weighted by atomic mass is 10.4. The number of carboxylic acids is 1. The zero-order valence-electron chi connectivity index (χ0n) is 4.78. The summed E-state index contributed by atoms with van der Waals surface area (Å²) in [5.74, 6) is -1.99. The molecule has 4 nitrogen and oxygen atoms in total. The maximum absolute atomic E-state index is 12.2. The van der Waals surface area contributed by atoms with Crippen LogP contribution in [-0.2, 0) is 0 Å². The van der Waals surface area contributed by atoms with Crippen molar-refractivity contribution in [3.63, 3.8) is 0 Å². The van der Waals surface area contributed by atoms with Crippen molar-refractivity contribution in [3.05, 3.63) is 23.8 Å². The molecule has 0 spiro atoms.